The van der Waals surface area contributed by atoms with E-state index in [0.717, 1.165) is 5.56 Å². The Hall–Kier alpha value is -0.780. The largest absolute Gasteiger partial charge is 0.503 e. The van der Waals surface area contributed by atoms with E-state index in [0.29, 0.717) is 16.8 Å². The minimum Gasteiger partial charge on any atom is -0.503 e. The number of halogens is 1. The Kier molecular flexibility index (Phi) is 4.87. The summed E-state index contributed by atoms with van der Waals surface area (Å²) in [5, 5.41) is 23.1. The fraction of sp³-hybridized carbons (Fsp3) is 0.571. The Morgan fingerprint density at radius 3 is 2.32 bits per heavy atom. The summed E-state index contributed by atoms with van der Waals surface area (Å²) in [6.45, 7) is 7.99. The normalized spacial score (nSPS) is 12.6. The van der Waals surface area contributed by atoms with Crippen LogP contribution in [0.2, 0.25) is 0 Å². The highest BCUT2D eigenvalue weighted by Crippen LogP contribution is 2.35. The summed E-state index contributed by atoms with van der Waals surface area (Å²) in [4.78, 5) is 0. The summed E-state index contributed by atoms with van der Waals surface area (Å²) in [5.41, 5.74) is -0.325. The van der Waals surface area contributed by atoms with Gasteiger partial charge in [0.15, 0.2) is 11.5 Å². The van der Waals surface area contributed by atoms with Gasteiger partial charge in [-0.1, -0.05) is 0 Å². The van der Waals surface area contributed by atoms with Crippen LogP contribution in [0, 0.1) is 0 Å². The van der Waals surface area contributed by atoms with Crippen molar-refractivity contribution in [1.29, 1.82) is 0 Å². The molecule has 0 saturated heterocycles. The molecule has 0 radical (unpaired) electrons. The monoisotopic (exact) mass is 331 g/mol. The molecule has 0 spiro atoms. The molecule has 0 bridgehead atoms. The molecule has 0 aliphatic carbocycles. The highest BCUT2D eigenvalue weighted by molar-refractivity contribution is 9.10. The van der Waals surface area contributed by atoms with Gasteiger partial charge in [0.2, 0.25) is 0 Å². The lowest BCUT2D eigenvalue weighted by molar-refractivity contribution is -0.00532. The van der Waals surface area contributed by atoms with Gasteiger partial charge in [0.05, 0.1) is 17.2 Å². The third-order valence-electron chi connectivity index (χ3n) is 3.57. The van der Waals surface area contributed by atoms with E-state index in [9.17, 15) is 10.2 Å². The number of hydrogen-bond acceptors (Lipinski definition) is 4. The lowest BCUT2D eigenvalue weighted by Crippen LogP contribution is -2.55. The number of rotatable bonds is 5. The van der Waals surface area contributed by atoms with E-state index in [1.165, 1.54) is 7.11 Å². The topological polar surface area (TPSA) is 61.7 Å². The van der Waals surface area contributed by atoms with Crippen molar-refractivity contribution in [3.8, 4) is 11.5 Å². The van der Waals surface area contributed by atoms with Crippen LogP contribution in [0.15, 0.2) is 16.6 Å². The predicted molar refractivity (Wildman–Crippen MR) is 79.6 cm³/mol. The SMILES string of the molecule is COc1cc(CNC(C)(C)C(C)(C)O)cc(Br)c1O. The smallest absolute Gasteiger partial charge is 0.172 e. The predicted octanol–water partition coefficient (Wildman–Crippen LogP) is 2.80. The average Bonchev–Trinajstić information content (AvgIpc) is 2.29. The van der Waals surface area contributed by atoms with Crippen LogP contribution >= 0.6 is 15.9 Å². The number of phenols is 1. The number of phenolic OH excluding ortho intramolecular Hbond substituents is 1. The van der Waals surface area contributed by atoms with E-state index < -0.39 is 11.1 Å². The number of aliphatic hydroxyl groups is 1. The first-order chi connectivity index (χ1) is 8.58. The highest BCUT2D eigenvalue weighted by atomic mass is 79.9. The van der Waals surface area contributed by atoms with Gasteiger partial charge in [0.25, 0.3) is 0 Å². The molecule has 1 rings (SSSR count). The molecule has 0 atom stereocenters. The van der Waals surface area contributed by atoms with E-state index in [1.807, 2.05) is 19.9 Å². The number of hydrogen-bond donors (Lipinski definition) is 3. The molecule has 0 aliphatic rings. The molecule has 108 valence electrons. The lowest BCUT2D eigenvalue weighted by Gasteiger charge is -2.38. The number of aromatic hydroxyl groups is 1. The van der Waals surface area contributed by atoms with Crippen molar-refractivity contribution < 1.29 is 14.9 Å². The fourth-order valence-corrected chi connectivity index (χ4v) is 1.91. The van der Waals surface area contributed by atoms with Crippen LogP contribution < -0.4 is 10.1 Å². The Labute approximate surface area is 122 Å². The maximum absolute atomic E-state index is 10.1. The molecule has 0 amide bonds. The summed E-state index contributed by atoms with van der Waals surface area (Å²) >= 11 is 3.29. The molecule has 4 nitrogen and oxygen atoms in total. The van der Waals surface area contributed by atoms with Gasteiger partial charge in [0.1, 0.15) is 0 Å². The molecular formula is C14H22BrNO3. The molecule has 0 aliphatic heterocycles. The number of benzene rings is 1. The average molecular weight is 332 g/mol. The molecule has 0 saturated carbocycles. The number of methoxy groups -OCH3 is 1. The van der Waals surface area contributed by atoms with Crippen LogP contribution in [-0.2, 0) is 6.54 Å². The second-order valence-electron chi connectivity index (χ2n) is 5.67. The molecule has 1 aromatic carbocycles. The first-order valence-corrected chi connectivity index (χ1v) is 6.90. The van der Waals surface area contributed by atoms with E-state index in [2.05, 4.69) is 21.2 Å². The van der Waals surface area contributed by atoms with E-state index >= 15 is 0 Å². The van der Waals surface area contributed by atoms with Crippen LogP contribution in [0.5, 0.6) is 11.5 Å². The molecule has 0 aromatic heterocycles. The van der Waals surface area contributed by atoms with E-state index in [-0.39, 0.29) is 5.75 Å². The van der Waals surface area contributed by atoms with Crippen molar-refractivity contribution in [1.82, 2.24) is 5.32 Å². The Balaban J connectivity index is 2.88. The zero-order valence-corrected chi connectivity index (χ0v) is 13.6. The van der Waals surface area contributed by atoms with Crippen LogP contribution in [0.25, 0.3) is 0 Å². The molecule has 1 aromatic rings. The van der Waals surface area contributed by atoms with Gasteiger partial charge >= 0.3 is 0 Å². The van der Waals surface area contributed by atoms with Gasteiger partial charge in [-0.05, 0) is 61.3 Å². The lowest BCUT2D eigenvalue weighted by atomic mass is 9.86. The molecule has 5 heteroatoms. The summed E-state index contributed by atoms with van der Waals surface area (Å²) in [5.74, 6) is 0.514. The summed E-state index contributed by atoms with van der Waals surface area (Å²) in [6, 6.07) is 3.60. The van der Waals surface area contributed by atoms with Gasteiger partial charge < -0.3 is 20.3 Å². The van der Waals surface area contributed by atoms with Crippen LogP contribution in [0.3, 0.4) is 0 Å². The Bertz CT molecular complexity index is 453. The molecule has 0 heterocycles. The van der Waals surface area contributed by atoms with Crippen LogP contribution in [0.4, 0.5) is 0 Å². The Morgan fingerprint density at radius 2 is 1.84 bits per heavy atom. The van der Waals surface area contributed by atoms with Crippen molar-refractivity contribution in [2.75, 3.05) is 7.11 Å². The summed E-state index contributed by atoms with van der Waals surface area (Å²) < 4.78 is 5.70. The maximum atomic E-state index is 10.1. The zero-order chi connectivity index (χ0) is 14.8. The van der Waals surface area contributed by atoms with Crippen molar-refractivity contribution in [3.63, 3.8) is 0 Å². The number of ether oxygens (including phenoxy) is 1. The van der Waals surface area contributed by atoms with Crippen molar-refractivity contribution in [2.24, 2.45) is 0 Å². The first kappa shape index (κ1) is 16.3. The van der Waals surface area contributed by atoms with E-state index in [1.54, 1.807) is 19.9 Å². The van der Waals surface area contributed by atoms with Crippen LogP contribution in [0.1, 0.15) is 33.3 Å². The van der Waals surface area contributed by atoms with Crippen molar-refractivity contribution in [3.05, 3.63) is 22.2 Å². The van der Waals surface area contributed by atoms with Gasteiger partial charge in [-0.15, -0.1) is 0 Å². The first-order valence-electron chi connectivity index (χ1n) is 6.11. The molecule has 0 unspecified atom stereocenters. The quantitative estimate of drug-likeness (QED) is 0.776. The summed E-state index contributed by atoms with van der Waals surface area (Å²) in [6.07, 6.45) is 0. The number of nitrogens with one attached hydrogen (secondary N) is 1. The molecular weight excluding hydrogens is 310 g/mol. The highest BCUT2D eigenvalue weighted by Gasteiger charge is 2.34. The maximum Gasteiger partial charge on any atom is 0.172 e. The Morgan fingerprint density at radius 1 is 1.26 bits per heavy atom. The third-order valence-corrected chi connectivity index (χ3v) is 4.18. The van der Waals surface area contributed by atoms with Gasteiger partial charge in [-0.25, -0.2) is 0 Å². The zero-order valence-electron chi connectivity index (χ0n) is 12.0. The molecule has 3 N–H and O–H groups in total. The van der Waals surface area contributed by atoms with Gasteiger partial charge in [-0.2, -0.15) is 0 Å². The van der Waals surface area contributed by atoms with Crippen molar-refractivity contribution in [2.45, 2.75) is 45.4 Å². The standard InChI is InChI=1S/C14H22BrNO3/c1-13(2,14(3,4)18)16-8-9-6-10(15)12(17)11(7-9)19-5/h6-7,16-18H,8H2,1-5H3. The fourth-order valence-electron chi connectivity index (χ4n) is 1.42. The van der Waals surface area contributed by atoms with E-state index in [4.69, 9.17) is 4.74 Å². The minimum atomic E-state index is -0.842. The molecule has 19 heavy (non-hydrogen) atoms. The second-order valence-corrected chi connectivity index (χ2v) is 6.52. The van der Waals surface area contributed by atoms with Crippen LogP contribution in [-0.4, -0.2) is 28.5 Å². The second kappa shape index (κ2) is 5.69. The van der Waals surface area contributed by atoms with Crippen molar-refractivity contribution >= 4 is 15.9 Å². The minimum absolute atomic E-state index is 0.0907. The molecule has 0 fully saturated rings. The summed E-state index contributed by atoms with van der Waals surface area (Å²) in [7, 11) is 1.51. The van der Waals surface area contributed by atoms with Gasteiger partial charge in [0, 0.05) is 12.1 Å². The van der Waals surface area contributed by atoms with Gasteiger partial charge in [-0.3, -0.25) is 0 Å². The third kappa shape index (κ3) is 3.84.